The normalized spacial score (nSPS) is 19.3. The molecule has 0 aliphatic carbocycles. The van der Waals surface area contributed by atoms with E-state index in [0.717, 1.165) is 12.8 Å². The van der Waals surface area contributed by atoms with E-state index >= 15 is 0 Å². The molecule has 1 aliphatic heterocycles. The standard InChI is InChI=1S/C9H13O3P/c1-2-5-12-9(10)8-13(11)6-3-4-7-13/h1H,3-8H2. The number of rotatable bonds is 3. The Balaban J connectivity index is 2.35. The van der Waals surface area contributed by atoms with Crippen LogP contribution in [0.5, 0.6) is 0 Å². The summed E-state index contributed by atoms with van der Waals surface area (Å²) in [5.41, 5.74) is 0. The third-order valence-electron chi connectivity index (χ3n) is 2.12. The highest BCUT2D eigenvalue weighted by Gasteiger charge is 2.29. The van der Waals surface area contributed by atoms with E-state index in [1.54, 1.807) is 0 Å². The molecule has 0 atom stereocenters. The Morgan fingerprint density at radius 1 is 1.46 bits per heavy atom. The number of carbonyl (C=O) groups excluding carboxylic acids is 1. The van der Waals surface area contributed by atoms with Gasteiger partial charge in [0.05, 0.1) is 13.3 Å². The van der Waals surface area contributed by atoms with Crippen LogP contribution in [-0.2, 0) is 14.1 Å². The SMILES string of the molecule is C#CCOC(=O)CP1(=O)CCCC1. The highest BCUT2D eigenvalue weighted by Crippen LogP contribution is 2.51. The molecule has 3 nitrogen and oxygen atoms in total. The molecule has 0 unspecified atom stereocenters. The second-order valence-electron chi connectivity index (χ2n) is 3.24. The molecule has 1 saturated heterocycles. The molecular formula is C9H13O3P. The van der Waals surface area contributed by atoms with Gasteiger partial charge in [-0.2, -0.15) is 0 Å². The molecule has 0 aromatic heterocycles. The summed E-state index contributed by atoms with van der Waals surface area (Å²) in [6, 6.07) is 0. The van der Waals surface area contributed by atoms with Crippen LogP contribution in [0.25, 0.3) is 0 Å². The van der Waals surface area contributed by atoms with Crippen LogP contribution in [0.3, 0.4) is 0 Å². The van der Waals surface area contributed by atoms with E-state index in [2.05, 4.69) is 10.7 Å². The minimum atomic E-state index is -2.21. The molecule has 0 N–H and O–H groups in total. The number of hydrogen-bond acceptors (Lipinski definition) is 3. The average molecular weight is 200 g/mol. The second kappa shape index (κ2) is 4.48. The van der Waals surface area contributed by atoms with Gasteiger partial charge in [0.15, 0.2) is 6.61 Å². The van der Waals surface area contributed by atoms with Gasteiger partial charge in [-0.05, 0) is 12.8 Å². The maximum Gasteiger partial charge on any atom is 0.314 e. The Kier molecular flexibility index (Phi) is 3.57. The molecule has 0 bridgehead atoms. The van der Waals surface area contributed by atoms with Crippen molar-refractivity contribution in [1.29, 1.82) is 0 Å². The van der Waals surface area contributed by atoms with Gasteiger partial charge < -0.3 is 9.30 Å². The summed E-state index contributed by atoms with van der Waals surface area (Å²) in [7, 11) is -2.21. The fraction of sp³-hybridized carbons (Fsp3) is 0.667. The van der Waals surface area contributed by atoms with Crippen molar-refractivity contribution >= 4 is 13.1 Å². The molecule has 0 aromatic carbocycles. The van der Waals surface area contributed by atoms with Crippen molar-refractivity contribution in [1.82, 2.24) is 0 Å². The minimum absolute atomic E-state index is 0.0150. The quantitative estimate of drug-likeness (QED) is 0.392. The zero-order valence-electron chi connectivity index (χ0n) is 7.49. The summed E-state index contributed by atoms with van der Waals surface area (Å²) in [5, 5.41) is 0. The summed E-state index contributed by atoms with van der Waals surface area (Å²) in [6.45, 7) is -0.0150. The van der Waals surface area contributed by atoms with Crippen molar-refractivity contribution in [3.05, 3.63) is 0 Å². The molecule has 0 spiro atoms. The summed E-state index contributed by atoms with van der Waals surface area (Å²) in [6.07, 6.45) is 8.33. The van der Waals surface area contributed by atoms with Gasteiger partial charge in [0.2, 0.25) is 0 Å². The molecule has 1 heterocycles. The Labute approximate surface area is 78.2 Å². The van der Waals surface area contributed by atoms with Crippen LogP contribution in [0, 0.1) is 12.3 Å². The molecule has 0 radical (unpaired) electrons. The highest BCUT2D eigenvalue weighted by atomic mass is 31.2. The largest absolute Gasteiger partial charge is 0.452 e. The van der Waals surface area contributed by atoms with Gasteiger partial charge in [0.25, 0.3) is 0 Å². The van der Waals surface area contributed by atoms with Crippen LogP contribution < -0.4 is 0 Å². The monoisotopic (exact) mass is 200 g/mol. The summed E-state index contributed by atoms with van der Waals surface area (Å²) >= 11 is 0. The Morgan fingerprint density at radius 3 is 2.62 bits per heavy atom. The number of esters is 1. The average Bonchev–Trinajstić information content (AvgIpc) is 2.48. The molecular weight excluding hydrogens is 187 g/mol. The van der Waals surface area contributed by atoms with E-state index < -0.39 is 13.1 Å². The predicted molar refractivity (Wildman–Crippen MR) is 51.2 cm³/mol. The lowest BCUT2D eigenvalue weighted by molar-refractivity contribution is -0.139. The molecule has 1 fully saturated rings. The lowest BCUT2D eigenvalue weighted by Crippen LogP contribution is -2.11. The lowest BCUT2D eigenvalue weighted by Gasteiger charge is -2.08. The third-order valence-corrected chi connectivity index (χ3v) is 5.21. The molecule has 1 rings (SSSR count). The number of ether oxygens (including phenoxy) is 1. The van der Waals surface area contributed by atoms with Gasteiger partial charge in [0, 0.05) is 12.3 Å². The van der Waals surface area contributed by atoms with Gasteiger partial charge >= 0.3 is 5.97 Å². The molecule has 72 valence electrons. The van der Waals surface area contributed by atoms with Crippen LogP contribution in [-0.4, -0.2) is 31.1 Å². The fourth-order valence-electron chi connectivity index (χ4n) is 1.47. The number of terminal acetylenes is 1. The second-order valence-corrected chi connectivity index (χ2v) is 6.56. The molecule has 0 aromatic rings. The first-order chi connectivity index (χ1) is 6.16. The molecule has 1 aliphatic rings. The van der Waals surface area contributed by atoms with Gasteiger partial charge in [-0.25, -0.2) is 0 Å². The zero-order chi connectivity index (χ0) is 9.73. The number of hydrogen-bond donors (Lipinski definition) is 0. The van der Waals surface area contributed by atoms with E-state index in [-0.39, 0.29) is 12.8 Å². The van der Waals surface area contributed by atoms with E-state index in [4.69, 9.17) is 6.42 Å². The molecule has 13 heavy (non-hydrogen) atoms. The summed E-state index contributed by atoms with van der Waals surface area (Å²) in [4.78, 5) is 11.1. The topological polar surface area (TPSA) is 43.4 Å². The van der Waals surface area contributed by atoms with Crippen molar-refractivity contribution in [2.75, 3.05) is 25.1 Å². The first kappa shape index (κ1) is 10.3. The lowest BCUT2D eigenvalue weighted by atomic mass is 10.4. The first-order valence-electron chi connectivity index (χ1n) is 4.32. The van der Waals surface area contributed by atoms with Crippen LogP contribution in [0.2, 0.25) is 0 Å². The third kappa shape index (κ3) is 3.24. The van der Waals surface area contributed by atoms with E-state index in [0.29, 0.717) is 12.3 Å². The van der Waals surface area contributed by atoms with Crippen molar-refractivity contribution in [3.63, 3.8) is 0 Å². The summed E-state index contributed by atoms with van der Waals surface area (Å²) in [5.74, 6) is 1.79. The number of carbonyl (C=O) groups is 1. The van der Waals surface area contributed by atoms with Crippen molar-refractivity contribution < 1.29 is 14.1 Å². The van der Waals surface area contributed by atoms with Crippen LogP contribution in [0.4, 0.5) is 0 Å². The fourth-order valence-corrected chi connectivity index (χ4v) is 4.17. The van der Waals surface area contributed by atoms with Crippen molar-refractivity contribution in [2.24, 2.45) is 0 Å². The molecule has 4 heteroatoms. The Hall–Kier alpha value is -0.740. The van der Waals surface area contributed by atoms with Gasteiger partial charge in [-0.3, -0.25) is 4.79 Å². The molecule has 0 saturated carbocycles. The van der Waals surface area contributed by atoms with Gasteiger partial charge in [-0.15, -0.1) is 6.42 Å². The smallest absolute Gasteiger partial charge is 0.314 e. The Bertz CT molecular complexity index is 267. The predicted octanol–water partition coefficient (Wildman–Crippen LogP) is 1.32. The van der Waals surface area contributed by atoms with Gasteiger partial charge in [0.1, 0.15) is 0 Å². The molecule has 0 amide bonds. The van der Waals surface area contributed by atoms with E-state index in [1.165, 1.54) is 0 Å². The summed E-state index contributed by atoms with van der Waals surface area (Å²) < 4.78 is 16.5. The Morgan fingerprint density at radius 2 is 2.08 bits per heavy atom. The van der Waals surface area contributed by atoms with Crippen molar-refractivity contribution in [2.45, 2.75) is 12.8 Å². The maximum absolute atomic E-state index is 11.8. The zero-order valence-corrected chi connectivity index (χ0v) is 8.39. The van der Waals surface area contributed by atoms with E-state index in [9.17, 15) is 9.36 Å². The van der Waals surface area contributed by atoms with Crippen LogP contribution in [0.15, 0.2) is 0 Å². The maximum atomic E-state index is 11.8. The van der Waals surface area contributed by atoms with Gasteiger partial charge in [-0.1, -0.05) is 5.92 Å². The van der Waals surface area contributed by atoms with Crippen molar-refractivity contribution in [3.8, 4) is 12.3 Å². The highest BCUT2D eigenvalue weighted by molar-refractivity contribution is 7.65. The van der Waals surface area contributed by atoms with Crippen LogP contribution in [0.1, 0.15) is 12.8 Å². The van der Waals surface area contributed by atoms with E-state index in [1.807, 2.05) is 0 Å². The first-order valence-corrected chi connectivity index (χ1v) is 6.59. The minimum Gasteiger partial charge on any atom is -0.452 e. The van der Waals surface area contributed by atoms with Crippen LogP contribution >= 0.6 is 7.14 Å².